The van der Waals surface area contributed by atoms with Gasteiger partial charge in [-0.15, -0.1) is 0 Å². The largest absolute Gasteiger partial charge is 0.489 e. The smallest absolute Gasteiger partial charge is 0.270 e. The number of nitriles is 1. The highest BCUT2D eigenvalue weighted by Crippen LogP contribution is 2.20. The first-order chi connectivity index (χ1) is 16.0. The third-order valence-corrected chi connectivity index (χ3v) is 4.91. The van der Waals surface area contributed by atoms with E-state index in [1.165, 1.54) is 0 Å². The molecule has 9 heteroatoms. The molecule has 0 atom stereocenters. The van der Waals surface area contributed by atoms with Crippen LogP contribution in [-0.2, 0) is 6.61 Å². The Bertz CT molecular complexity index is 1360. The summed E-state index contributed by atoms with van der Waals surface area (Å²) in [5, 5.41) is 17.4. The van der Waals surface area contributed by atoms with Crippen LogP contribution >= 0.6 is 0 Å². The summed E-state index contributed by atoms with van der Waals surface area (Å²) in [5.41, 5.74) is 5.63. The summed E-state index contributed by atoms with van der Waals surface area (Å²) >= 11 is 0. The van der Waals surface area contributed by atoms with Crippen LogP contribution in [-0.4, -0.2) is 21.3 Å². The molecule has 2 heterocycles. The maximum Gasteiger partial charge on any atom is 0.270 e. The van der Waals surface area contributed by atoms with Crippen molar-refractivity contribution in [2.45, 2.75) is 20.5 Å². The van der Waals surface area contributed by atoms with Crippen molar-refractivity contribution in [3.05, 3.63) is 93.1 Å². The average molecular weight is 440 g/mol. The van der Waals surface area contributed by atoms with Crippen LogP contribution in [0.15, 0.2) is 69.0 Å². The first kappa shape index (κ1) is 21.5. The Kier molecular flexibility index (Phi) is 6.27. The fraction of sp³-hybridized carbons (Fsp3) is 0.125. The zero-order chi connectivity index (χ0) is 23.2. The minimum absolute atomic E-state index is 0.0529. The van der Waals surface area contributed by atoms with Crippen molar-refractivity contribution in [2.24, 2.45) is 5.10 Å². The summed E-state index contributed by atoms with van der Waals surface area (Å²) in [6, 6.07) is 18.3. The number of aryl methyl sites for hydroxylation is 2. The van der Waals surface area contributed by atoms with Crippen LogP contribution in [0, 0.1) is 25.2 Å². The molecule has 0 aliphatic heterocycles. The number of hydrogen-bond acceptors (Lipinski definition) is 8. The third-order valence-electron chi connectivity index (χ3n) is 4.91. The summed E-state index contributed by atoms with van der Waals surface area (Å²) in [6.45, 7) is 4.10. The molecule has 0 saturated carbocycles. The lowest BCUT2D eigenvalue weighted by atomic mass is 10.1. The Balaban J connectivity index is 1.43. The second-order valence-corrected chi connectivity index (χ2v) is 7.15. The van der Waals surface area contributed by atoms with Gasteiger partial charge in [0, 0.05) is 5.56 Å². The number of hydrazone groups is 1. The lowest BCUT2D eigenvalue weighted by Crippen LogP contribution is -2.16. The van der Waals surface area contributed by atoms with E-state index in [1.54, 1.807) is 18.3 Å². The Hall–Kier alpha value is -4.71. The first-order valence-corrected chi connectivity index (χ1v) is 10.1. The number of anilines is 1. The van der Waals surface area contributed by atoms with E-state index in [0.717, 1.165) is 22.6 Å². The van der Waals surface area contributed by atoms with E-state index in [0.29, 0.717) is 23.6 Å². The van der Waals surface area contributed by atoms with Crippen LogP contribution in [0.5, 0.6) is 5.75 Å². The van der Waals surface area contributed by atoms with Crippen molar-refractivity contribution in [1.29, 1.82) is 5.26 Å². The third kappa shape index (κ3) is 4.97. The van der Waals surface area contributed by atoms with Gasteiger partial charge in [0.15, 0.2) is 0 Å². The van der Waals surface area contributed by atoms with E-state index in [1.807, 2.05) is 62.4 Å². The number of ether oxygens (including phenoxy) is 1. The van der Waals surface area contributed by atoms with Gasteiger partial charge in [-0.3, -0.25) is 9.78 Å². The number of H-pyrrole nitrogens is 1. The average Bonchev–Trinajstić information content (AvgIpc) is 3.16. The molecule has 33 heavy (non-hydrogen) atoms. The van der Waals surface area contributed by atoms with Crippen LogP contribution in [0.1, 0.15) is 28.1 Å². The van der Waals surface area contributed by atoms with Crippen LogP contribution in [0.25, 0.3) is 11.3 Å². The van der Waals surface area contributed by atoms with Crippen molar-refractivity contribution in [3.63, 3.8) is 0 Å². The molecule has 0 spiro atoms. The van der Waals surface area contributed by atoms with Gasteiger partial charge in [0.2, 0.25) is 5.95 Å². The number of aromatic amines is 1. The first-order valence-electron chi connectivity index (χ1n) is 10.1. The van der Waals surface area contributed by atoms with Crippen LogP contribution in [0.3, 0.4) is 0 Å². The quantitative estimate of drug-likeness (QED) is 0.329. The van der Waals surface area contributed by atoms with Gasteiger partial charge in [-0.25, -0.2) is 10.4 Å². The molecule has 0 amide bonds. The van der Waals surface area contributed by atoms with Crippen LogP contribution < -0.4 is 15.7 Å². The van der Waals surface area contributed by atoms with Gasteiger partial charge < -0.3 is 9.26 Å². The van der Waals surface area contributed by atoms with Gasteiger partial charge >= 0.3 is 0 Å². The van der Waals surface area contributed by atoms with Crippen molar-refractivity contribution in [3.8, 4) is 23.1 Å². The van der Waals surface area contributed by atoms with E-state index in [-0.39, 0.29) is 11.5 Å². The zero-order valence-corrected chi connectivity index (χ0v) is 18.0. The molecule has 164 valence electrons. The van der Waals surface area contributed by atoms with Crippen molar-refractivity contribution in [2.75, 3.05) is 5.43 Å². The molecule has 2 aromatic heterocycles. The highest BCUT2D eigenvalue weighted by atomic mass is 16.5. The molecule has 4 rings (SSSR count). The van der Waals surface area contributed by atoms with E-state index < -0.39 is 5.56 Å². The summed E-state index contributed by atoms with van der Waals surface area (Å²) in [5.74, 6) is 1.58. The number of rotatable bonds is 7. The molecule has 0 aliphatic rings. The monoisotopic (exact) mass is 440 g/mol. The van der Waals surface area contributed by atoms with E-state index in [9.17, 15) is 10.1 Å². The number of nitrogens with zero attached hydrogens (tertiary/aromatic N) is 4. The van der Waals surface area contributed by atoms with Crippen molar-refractivity contribution >= 4 is 12.2 Å². The minimum Gasteiger partial charge on any atom is -0.489 e. The summed E-state index contributed by atoms with van der Waals surface area (Å²) in [7, 11) is 0. The molecule has 0 fully saturated rings. The van der Waals surface area contributed by atoms with Gasteiger partial charge in [0.05, 0.1) is 23.2 Å². The van der Waals surface area contributed by atoms with Crippen LogP contribution in [0.4, 0.5) is 5.95 Å². The Morgan fingerprint density at radius 1 is 1.18 bits per heavy atom. The summed E-state index contributed by atoms with van der Waals surface area (Å²) < 4.78 is 10.9. The second-order valence-electron chi connectivity index (χ2n) is 7.15. The van der Waals surface area contributed by atoms with E-state index in [2.05, 4.69) is 25.7 Å². The molecular formula is C24H20N6O3. The Morgan fingerprint density at radius 2 is 1.94 bits per heavy atom. The molecule has 9 nitrogen and oxygen atoms in total. The molecular weight excluding hydrogens is 420 g/mol. The minimum atomic E-state index is -0.538. The SMILES string of the molecule is Cc1noc(C)c1COc1ccc(C=NNc2nc(-c3ccccc3)c(C#N)c(=O)[nH]2)cc1. The lowest BCUT2D eigenvalue weighted by Gasteiger charge is -2.06. The fourth-order valence-electron chi connectivity index (χ4n) is 3.12. The van der Waals surface area contributed by atoms with Crippen LogP contribution in [0.2, 0.25) is 0 Å². The molecule has 0 saturated heterocycles. The second kappa shape index (κ2) is 9.62. The van der Waals surface area contributed by atoms with Gasteiger partial charge in [0.25, 0.3) is 5.56 Å². The Labute approximate surface area is 189 Å². The maximum atomic E-state index is 12.3. The molecule has 2 N–H and O–H groups in total. The molecule has 0 aliphatic carbocycles. The highest BCUT2D eigenvalue weighted by Gasteiger charge is 2.13. The van der Waals surface area contributed by atoms with Gasteiger partial charge in [-0.05, 0) is 43.7 Å². The van der Waals surface area contributed by atoms with Gasteiger partial charge in [0.1, 0.15) is 29.7 Å². The predicted octanol–water partition coefficient (Wildman–Crippen LogP) is 3.94. The molecule has 0 unspecified atom stereocenters. The summed E-state index contributed by atoms with van der Waals surface area (Å²) in [4.78, 5) is 19.2. The number of aromatic nitrogens is 3. The number of benzene rings is 2. The normalized spacial score (nSPS) is 10.8. The zero-order valence-electron chi connectivity index (χ0n) is 18.0. The number of hydrogen-bond donors (Lipinski definition) is 2. The molecule has 2 aromatic carbocycles. The standard InChI is InChI=1S/C24H20N6O3/c1-15-21(16(2)33-30-15)14-32-19-10-8-17(9-11-19)13-26-29-24-27-22(18-6-4-3-5-7-18)20(12-25)23(31)28-24/h3-11,13H,14H2,1-2H3,(H2,27,28,29,31). The maximum absolute atomic E-state index is 12.3. The Morgan fingerprint density at radius 3 is 2.61 bits per heavy atom. The topological polar surface area (TPSA) is 129 Å². The fourth-order valence-corrected chi connectivity index (χ4v) is 3.12. The van der Waals surface area contributed by atoms with Crippen molar-refractivity contribution in [1.82, 2.24) is 15.1 Å². The van der Waals surface area contributed by atoms with Crippen molar-refractivity contribution < 1.29 is 9.26 Å². The van der Waals surface area contributed by atoms with E-state index >= 15 is 0 Å². The molecule has 0 radical (unpaired) electrons. The van der Waals surface area contributed by atoms with E-state index in [4.69, 9.17) is 9.26 Å². The molecule has 4 aromatic rings. The summed E-state index contributed by atoms with van der Waals surface area (Å²) in [6.07, 6.45) is 1.58. The molecule has 0 bridgehead atoms. The lowest BCUT2D eigenvalue weighted by molar-refractivity contribution is 0.301. The predicted molar refractivity (Wildman–Crippen MR) is 123 cm³/mol. The van der Waals surface area contributed by atoms with Gasteiger partial charge in [-0.1, -0.05) is 35.5 Å². The number of nitrogens with one attached hydrogen (secondary N) is 2. The highest BCUT2D eigenvalue weighted by molar-refractivity contribution is 5.80. The van der Waals surface area contributed by atoms with Gasteiger partial charge in [-0.2, -0.15) is 10.4 Å².